The smallest absolute Gasteiger partial charge is 0.269 e. The van der Waals surface area contributed by atoms with Crippen molar-refractivity contribution < 1.29 is 9.72 Å². The zero-order valence-electron chi connectivity index (χ0n) is 15.7. The van der Waals surface area contributed by atoms with Crippen LogP contribution in [0.15, 0.2) is 48.5 Å². The van der Waals surface area contributed by atoms with Crippen molar-refractivity contribution in [2.45, 2.75) is 13.8 Å². The van der Waals surface area contributed by atoms with E-state index in [0.29, 0.717) is 26.8 Å². The van der Waals surface area contributed by atoms with Gasteiger partial charge in [-0.25, -0.2) is 4.98 Å². The molecule has 29 heavy (non-hydrogen) atoms. The van der Waals surface area contributed by atoms with Gasteiger partial charge in [0.25, 0.3) is 5.69 Å². The highest BCUT2D eigenvalue weighted by Crippen LogP contribution is 2.36. The van der Waals surface area contributed by atoms with Gasteiger partial charge in [-0.05, 0) is 30.7 Å². The predicted octanol–water partition coefficient (Wildman–Crippen LogP) is 5.05. The van der Waals surface area contributed by atoms with E-state index < -0.39 is 4.92 Å². The molecule has 0 spiro atoms. The first-order chi connectivity index (χ1) is 13.9. The van der Waals surface area contributed by atoms with Crippen LogP contribution in [0.4, 0.5) is 10.7 Å². The number of nitro groups is 1. The number of anilines is 1. The summed E-state index contributed by atoms with van der Waals surface area (Å²) in [6, 6.07) is 15.7. The third-order valence-corrected chi connectivity index (χ3v) is 5.01. The molecule has 1 heterocycles. The van der Waals surface area contributed by atoms with Crippen LogP contribution in [-0.2, 0) is 4.79 Å². The van der Waals surface area contributed by atoms with Crippen LogP contribution in [0.1, 0.15) is 23.1 Å². The summed E-state index contributed by atoms with van der Waals surface area (Å²) in [5.74, 6) is -0.230. The molecule has 0 aliphatic heterocycles. The Kier molecular flexibility index (Phi) is 5.81. The molecule has 0 saturated heterocycles. The SMILES string of the molecule is CC(=O)Nc1sc(/C(C#N)=C/c2ccc([N+](=O)[O-])cc2)nc1-c1ccc(C)cc1. The Morgan fingerprint density at radius 3 is 2.41 bits per heavy atom. The zero-order chi connectivity index (χ0) is 21.0. The highest BCUT2D eigenvalue weighted by Gasteiger charge is 2.17. The summed E-state index contributed by atoms with van der Waals surface area (Å²) in [6.07, 6.45) is 1.61. The van der Waals surface area contributed by atoms with Gasteiger partial charge in [-0.2, -0.15) is 5.26 Å². The van der Waals surface area contributed by atoms with E-state index in [1.54, 1.807) is 18.2 Å². The number of nitro benzene ring substituents is 1. The molecule has 0 unspecified atom stereocenters. The molecule has 3 rings (SSSR count). The predicted molar refractivity (Wildman–Crippen MR) is 113 cm³/mol. The maximum atomic E-state index is 11.6. The van der Waals surface area contributed by atoms with Crippen molar-refractivity contribution in [2.75, 3.05) is 5.32 Å². The number of thiazole rings is 1. The lowest BCUT2D eigenvalue weighted by molar-refractivity contribution is -0.384. The molecule has 1 amide bonds. The van der Waals surface area contributed by atoms with E-state index >= 15 is 0 Å². The largest absolute Gasteiger partial charge is 0.316 e. The van der Waals surface area contributed by atoms with Crippen LogP contribution in [-0.4, -0.2) is 15.8 Å². The Balaban J connectivity index is 2.03. The van der Waals surface area contributed by atoms with E-state index in [0.717, 1.165) is 11.1 Å². The van der Waals surface area contributed by atoms with Gasteiger partial charge < -0.3 is 5.32 Å². The van der Waals surface area contributed by atoms with E-state index in [2.05, 4.69) is 16.4 Å². The number of nitriles is 1. The summed E-state index contributed by atoms with van der Waals surface area (Å²) in [5, 5.41) is 24.2. The normalized spacial score (nSPS) is 11.0. The molecular formula is C21H16N4O3S. The summed E-state index contributed by atoms with van der Waals surface area (Å²) in [5.41, 5.74) is 3.43. The summed E-state index contributed by atoms with van der Waals surface area (Å²) in [6.45, 7) is 3.39. The molecule has 144 valence electrons. The average Bonchev–Trinajstić information content (AvgIpc) is 3.09. The van der Waals surface area contributed by atoms with Gasteiger partial charge in [0.2, 0.25) is 5.91 Å². The number of allylic oxidation sites excluding steroid dienone is 1. The van der Waals surface area contributed by atoms with Crippen molar-refractivity contribution in [2.24, 2.45) is 0 Å². The lowest BCUT2D eigenvalue weighted by Crippen LogP contribution is -2.05. The summed E-state index contributed by atoms with van der Waals surface area (Å²) >= 11 is 1.20. The topological polar surface area (TPSA) is 109 Å². The summed E-state index contributed by atoms with van der Waals surface area (Å²) < 4.78 is 0. The maximum Gasteiger partial charge on any atom is 0.269 e. The van der Waals surface area contributed by atoms with Crippen LogP contribution in [0.5, 0.6) is 0 Å². The van der Waals surface area contributed by atoms with Crippen molar-refractivity contribution >= 4 is 39.6 Å². The Morgan fingerprint density at radius 2 is 1.86 bits per heavy atom. The van der Waals surface area contributed by atoms with Gasteiger partial charge in [0.05, 0.1) is 10.5 Å². The van der Waals surface area contributed by atoms with Crippen molar-refractivity contribution in [3.05, 3.63) is 74.8 Å². The standard InChI is InChI=1S/C21H16N4O3S/c1-13-3-7-16(8-4-13)19-21(23-14(2)26)29-20(24-19)17(12-22)11-15-5-9-18(10-6-15)25(27)28/h3-11H,1-2H3,(H,23,26)/b17-11+. The highest BCUT2D eigenvalue weighted by atomic mass is 32.1. The molecule has 1 N–H and O–H groups in total. The molecule has 2 aromatic carbocycles. The lowest BCUT2D eigenvalue weighted by atomic mass is 10.1. The Morgan fingerprint density at radius 1 is 1.21 bits per heavy atom. The minimum atomic E-state index is -0.479. The number of benzene rings is 2. The van der Waals surface area contributed by atoms with Crippen LogP contribution in [0.3, 0.4) is 0 Å². The first-order valence-electron chi connectivity index (χ1n) is 8.59. The van der Waals surface area contributed by atoms with Gasteiger partial charge in [-0.1, -0.05) is 41.2 Å². The Bertz CT molecular complexity index is 1140. The van der Waals surface area contributed by atoms with E-state index in [9.17, 15) is 20.2 Å². The number of carbonyl (C=O) groups excluding carboxylic acids is 1. The van der Waals surface area contributed by atoms with E-state index in [1.807, 2.05) is 31.2 Å². The van der Waals surface area contributed by atoms with Gasteiger partial charge in [0, 0.05) is 24.6 Å². The number of amides is 1. The van der Waals surface area contributed by atoms with Crippen molar-refractivity contribution in [1.82, 2.24) is 4.98 Å². The molecule has 0 bridgehead atoms. The molecule has 3 aromatic rings. The molecule has 7 nitrogen and oxygen atoms in total. The maximum absolute atomic E-state index is 11.6. The third-order valence-electron chi connectivity index (χ3n) is 4.01. The molecule has 0 aliphatic rings. The van der Waals surface area contributed by atoms with E-state index in [1.165, 1.54) is 30.4 Å². The van der Waals surface area contributed by atoms with Gasteiger partial charge >= 0.3 is 0 Å². The van der Waals surface area contributed by atoms with E-state index in [-0.39, 0.29) is 11.6 Å². The Hall–Kier alpha value is -3.83. The second kappa shape index (κ2) is 8.46. The number of aromatic nitrogens is 1. The lowest BCUT2D eigenvalue weighted by Gasteiger charge is -2.03. The van der Waals surface area contributed by atoms with Crippen molar-refractivity contribution in [3.8, 4) is 17.3 Å². The number of hydrogen-bond donors (Lipinski definition) is 1. The fraction of sp³-hybridized carbons (Fsp3) is 0.0952. The van der Waals surface area contributed by atoms with Crippen LogP contribution in [0, 0.1) is 28.4 Å². The van der Waals surface area contributed by atoms with Crippen molar-refractivity contribution in [1.29, 1.82) is 5.26 Å². The summed E-state index contributed by atoms with van der Waals surface area (Å²) in [4.78, 5) is 26.5. The molecule has 0 saturated carbocycles. The molecule has 0 aliphatic carbocycles. The fourth-order valence-corrected chi connectivity index (χ4v) is 3.59. The molecule has 0 atom stereocenters. The minimum Gasteiger partial charge on any atom is -0.316 e. The van der Waals surface area contributed by atoms with Crippen LogP contribution >= 0.6 is 11.3 Å². The number of rotatable bonds is 5. The zero-order valence-corrected chi connectivity index (χ0v) is 16.5. The fourth-order valence-electron chi connectivity index (χ4n) is 2.59. The monoisotopic (exact) mass is 404 g/mol. The van der Waals surface area contributed by atoms with Crippen molar-refractivity contribution in [3.63, 3.8) is 0 Å². The van der Waals surface area contributed by atoms with Gasteiger partial charge in [-0.3, -0.25) is 14.9 Å². The van der Waals surface area contributed by atoms with Crippen LogP contribution < -0.4 is 5.32 Å². The van der Waals surface area contributed by atoms with Gasteiger partial charge in [0.15, 0.2) is 0 Å². The van der Waals surface area contributed by atoms with E-state index in [4.69, 9.17) is 0 Å². The molecule has 1 aromatic heterocycles. The first-order valence-corrected chi connectivity index (χ1v) is 9.41. The molecule has 0 fully saturated rings. The quantitative estimate of drug-likeness (QED) is 0.364. The molecule has 8 heteroatoms. The first kappa shape index (κ1) is 19.9. The minimum absolute atomic E-state index is 0.0236. The number of nitrogens with zero attached hydrogens (tertiary/aromatic N) is 3. The summed E-state index contributed by atoms with van der Waals surface area (Å²) in [7, 11) is 0. The van der Waals surface area contributed by atoms with Crippen LogP contribution in [0.25, 0.3) is 22.9 Å². The molecular weight excluding hydrogens is 388 g/mol. The second-order valence-corrected chi connectivity index (χ2v) is 7.26. The van der Waals surface area contributed by atoms with Gasteiger partial charge in [0.1, 0.15) is 21.8 Å². The number of nitrogens with one attached hydrogen (secondary N) is 1. The second-order valence-electron chi connectivity index (χ2n) is 6.26. The highest BCUT2D eigenvalue weighted by molar-refractivity contribution is 7.17. The number of aryl methyl sites for hydroxylation is 1. The third kappa shape index (κ3) is 4.72. The Labute approximate surface area is 171 Å². The number of hydrogen-bond acceptors (Lipinski definition) is 6. The molecule has 0 radical (unpaired) electrons. The number of non-ortho nitro benzene ring substituents is 1. The average molecular weight is 404 g/mol. The van der Waals surface area contributed by atoms with Gasteiger partial charge in [-0.15, -0.1) is 0 Å². The number of carbonyl (C=O) groups is 1. The van der Waals surface area contributed by atoms with Crippen LogP contribution in [0.2, 0.25) is 0 Å².